The summed E-state index contributed by atoms with van der Waals surface area (Å²) < 4.78 is 0. The summed E-state index contributed by atoms with van der Waals surface area (Å²) in [6.07, 6.45) is 2.05. The highest BCUT2D eigenvalue weighted by atomic mass is 16.1. The SMILES string of the molecule is CCCCNC(=O)c1ccc(C#N)cc1. The molecule has 0 saturated heterocycles. The maximum absolute atomic E-state index is 11.5. The molecule has 0 heterocycles. The molecular formula is C12H14N2O. The third kappa shape index (κ3) is 3.43. The van der Waals surface area contributed by atoms with Crippen molar-refractivity contribution in [1.29, 1.82) is 5.26 Å². The zero-order valence-corrected chi connectivity index (χ0v) is 8.79. The fraction of sp³-hybridized carbons (Fsp3) is 0.333. The van der Waals surface area contributed by atoms with E-state index in [1.165, 1.54) is 0 Å². The monoisotopic (exact) mass is 202 g/mol. The second-order valence-electron chi connectivity index (χ2n) is 3.30. The highest BCUT2D eigenvalue weighted by Gasteiger charge is 2.03. The van der Waals surface area contributed by atoms with Gasteiger partial charge in [-0.3, -0.25) is 4.79 Å². The summed E-state index contributed by atoms with van der Waals surface area (Å²) in [5.74, 6) is -0.0760. The van der Waals surface area contributed by atoms with E-state index in [1.807, 2.05) is 6.07 Å². The van der Waals surface area contributed by atoms with Gasteiger partial charge in [-0.2, -0.15) is 5.26 Å². The van der Waals surface area contributed by atoms with E-state index in [0.717, 1.165) is 12.8 Å². The van der Waals surface area contributed by atoms with Crippen molar-refractivity contribution in [3.05, 3.63) is 35.4 Å². The van der Waals surface area contributed by atoms with Crippen LogP contribution in [0.3, 0.4) is 0 Å². The molecule has 0 saturated carbocycles. The van der Waals surface area contributed by atoms with E-state index in [0.29, 0.717) is 17.7 Å². The average molecular weight is 202 g/mol. The molecule has 1 aromatic rings. The van der Waals surface area contributed by atoms with E-state index in [1.54, 1.807) is 24.3 Å². The van der Waals surface area contributed by atoms with Crippen molar-refractivity contribution in [3.63, 3.8) is 0 Å². The van der Waals surface area contributed by atoms with Crippen LogP contribution in [0.2, 0.25) is 0 Å². The molecule has 1 aromatic carbocycles. The number of unbranched alkanes of at least 4 members (excludes halogenated alkanes) is 1. The Hall–Kier alpha value is -1.82. The molecule has 1 N–H and O–H groups in total. The van der Waals surface area contributed by atoms with Gasteiger partial charge in [0.25, 0.3) is 5.91 Å². The lowest BCUT2D eigenvalue weighted by molar-refractivity contribution is 0.0953. The smallest absolute Gasteiger partial charge is 0.251 e. The Kier molecular flexibility index (Phi) is 4.36. The van der Waals surface area contributed by atoms with Gasteiger partial charge in [-0.05, 0) is 30.7 Å². The molecular weight excluding hydrogens is 188 g/mol. The molecule has 0 radical (unpaired) electrons. The summed E-state index contributed by atoms with van der Waals surface area (Å²) in [6, 6.07) is 8.64. The minimum Gasteiger partial charge on any atom is -0.352 e. The first-order valence-corrected chi connectivity index (χ1v) is 5.06. The maximum atomic E-state index is 11.5. The Morgan fingerprint density at radius 1 is 1.40 bits per heavy atom. The Morgan fingerprint density at radius 3 is 2.60 bits per heavy atom. The number of hydrogen-bond donors (Lipinski definition) is 1. The Labute approximate surface area is 89.7 Å². The zero-order valence-electron chi connectivity index (χ0n) is 8.79. The van der Waals surface area contributed by atoms with Gasteiger partial charge in [0.2, 0.25) is 0 Å². The molecule has 3 nitrogen and oxygen atoms in total. The van der Waals surface area contributed by atoms with Crippen LogP contribution in [0, 0.1) is 11.3 Å². The molecule has 0 aromatic heterocycles. The van der Waals surface area contributed by atoms with Crippen molar-refractivity contribution < 1.29 is 4.79 Å². The number of hydrogen-bond acceptors (Lipinski definition) is 2. The number of benzene rings is 1. The normalized spacial score (nSPS) is 9.33. The number of nitriles is 1. The molecule has 1 rings (SSSR count). The van der Waals surface area contributed by atoms with Crippen molar-refractivity contribution >= 4 is 5.91 Å². The fourth-order valence-corrected chi connectivity index (χ4v) is 1.18. The van der Waals surface area contributed by atoms with E-state index in [9.17, 15) is 4.79 Å². The van der Waals surface area contributed by atoms with Crippen LogP contribution in [0.5, 0.6) is 0 Å². The first kappa shape index (κ1) is 11.3. The van der Waals surface area contributed by atoms with E-state index in [2.05, 4.69) is 12.2 Å². The first-order valence-electron chi connectivity index (χ1n) is 5.06. The second kappa shape index (κ2) is 5.82. The summed E-state index contributed by atoms with van der Waals surface area (Å²) >= 11 is 0. The Bertz CT molecular complexity index is 362. The van der Waals surface area contributed by atoms with E-state index < -0.39 is 0 Å². The summed E-state index contributed by atoms with van der Waals surface area (Å²) in [4.78, 5) is 11.5. The molecule has 1 amide bonds. The molecule has 0 atom stereocenters. The number of amides is 1. The van der Waals surface area contributed by atoms with Gasteiger partial charge < -0.3 is 5.32 Å². The van der Waals surface area contributed by atoms with Crippen LogP contribution in [0.15, 0.2) is 24.3 Å². The molecule has 15 heavy (non-hydrogen) atoms. The van der Waals surface area contributed by atoms with Crippen molar-refractivity contribution in [1.82, 2.24) is 5.32 Å². The predicted octanol–water partition coefficient (Wildman–Crippen LogP) is 2.09. The quantitative estimate of drug-likeness (QED) is 0.760. The van der Waals surface area contributed by atoms with Crippen LogP contribution in [0.1, 0.15) is 35.7 Å². The van der Waals surface area contributed by atoms with Crippen molar-refractivity contribution in [2.24, 2.45) is 0 Å². The van der Waals surface area contributed by atoms with Crippen molar-refractivity contribution in [2.75, 3.05) is 6.54 Å². The number of nitrogens with zero attached hydrogens (tertiary/aromatic N) is 1. The van der Waals surface area contributed by atoms with Crippen LogP contribution < -0.4 is 5.32 Å². The van der Waals surface area contributed by atoms with E-state index in [-0.39, 0.29) is 5.91 Å². The topological polar surface area (TPSA) is 52.9 Å². The van der Waals surface area contributed by atoms with Gasteiger partial charge >= 0.3 is 0 Å². The van der Waals surface area contributed by atoms with Gasteiger partial charge in [0.05, 0.1) is 11.6 Å². The van der Waals surface area contributed by atoms with Crippen LogP contribution in [0.25, 0.3) is 0 Å². The van der Waals surface area contributed by atoms with Gasteiger partial charge in [-0.1, -0.05) is 13.3 Å². The Morgan fingerprint density at radius 2 is 2.07 bits per heavy atom. The van der Waals surface area contributed by atoms with Crippen molar-refractivity contribution in [3.8, 4) is 6.07 Å². The molecule has 0 fully saturated rings. The van der Waals surface area contributed by atoms with Gasteiger partial charge in [0.15, 0.2) is 0 Å². The average Bonchev–Trinajstić information content (AvgIpc) is 2.29. The van der Waals surface area contributed by atoms with E-state index in [4.69, 9.17) is 5.26 Å². The molecule has 3 heteroatoms. The van der Waals surface area contributed by atoms with Crippen LogP contribution in [-0.4, -0.2) is 12.5 Å². The van der Waals surface area contributed by atoms with Gasteiger partial charge in [-0.15, -0.1) is 0 Å². The number of rotatable bonds is 4. The Balaban J connectivity index is 2.55. The lowest BCUT2D eigenvalue weighted by Gasteiger charge is -2.03. The lowest BCUT2D eigenvalue weighted by atomic mass is 10.1. The third-order valence-electron chi connectivity index (χ3n) is 2.09. The minimum absolute atomic E-state index is 0.0760. The largest absolute Gasteiger partial charge is 0.352 e. The third-order valence-corrected chi connectivity index (χ3v) is 2.09. The van der Waals surface area contributed by atoms with Gasteiger partial charge in [0.1, 0.15) is 0 Å². The van der Waals surface area contributed by atoms with Crippen LogP contribution >= 0.6 is 0 Å². The fourth-order valence-electron chi connectivity index (χ4n) is 1.18. The lowest BCUT2D eigenvalue weighted by Crippen LogP contribution is -2.24. The molecule has 0 aliphatic carbocycles. The summed E-state index contributed by atoms with van der Waals surface area (Å²) in [5, 5.41) is 11.4. The van der Waals surface area contributed by atoms with Crippen LogP contribution in [-0.2, 0) is 0 Å². The molecule has 0 spiro atoms. The number of nitrogens with one attached hydrogen (secondary N) is 1. The summed E-state index contributed by atoms with van der Waals surface area (Å²) in [5.41, 5.74) is 1.17. The molecule has 78 valence electrons. The summed E-state index contributed by atoms with van der Waals surface area (Å²) in [7, 11) is 0. The number of carbonyl (C=O) groups excluding carboxylic acids is 1. The number of carbonyl (C=O) groups is 1. The maximum Gasteiger partial charge on any atom is 0.251 e. The van der Waals surface area contributed by atoms with Gasteiger partial charge in [0, 0.05) is 12.1 Å². The molecule has 0 unspecified atom stereocenters. The molecule has 0 bridgehead atoms. The molecule has 0 aliphatic heterocycles. The highest BCUT2D eigenvalue weighted by molar-refractivity contribution is 5.94. The predicted molar refractivity (Wildman–Crippen MR) is 58.4 cm³/mol. The van der Waals surface area contributed by atoms with Crippen LogP contribution in [0.4, 0.5) is 0 Å². The standard InChI is InChI=1S/C12H14N2O/c1-2-3-8-14-12(15)11-6-4-10(9-13)5-7-11/h4-7H,2-3,8H2,1H3,(H,14,15). The highest BCUT2D eigenvalue weighted by Crippen LogP contribution is 2.03. The zero-order chi connectivity index (χ0) is 11.1. The van der Waals surface area contributed by atoms with E-state index >= 15 is 0 Å². The summed E-state index contributed by atoms with van der Waals surface area (Å²) in [6.45, 7) is 2.78. The minimum atomic E-state index is -0.0760. The van der Waals surface area contributed by atoms with Gasteiger partial charge in [-0.25, -0.2) is 0 Å². The van der Waals surface area contributed by atoms with Crippen molar-refractivity contribution in [2.45, 2.75) is 19.8 Å². The second-order valence-corrected chi connectivity index (χ2v) is 3.30. The molecule has 0 aliphatic rings. The first-order chi connectivity index (χ1) is 7.27.